The van der Waals surface area contributed by atoms with Crippen LogP contribution in [0.25, 0.3) is 10.8 Å². The number of pyridine rings is 1. The van der Waals surface area contributed by atoms with Gasteiger partial charge in [0.1, 0.15) is 17.1 Å². The maximum atomic E-state index is 14.3. The van der Waals surface area contributed by atoms with Crippen molar-refractivity contribution in [3.05, 3.63) is 155 Å². The van der Waals surface area contributed by atoms with Crippen LogP contribution in [0.5, 0.6) is 0 Å². The second kappa shape index (κ2) is 13.2. The van der Waals surface area contributed by atoms with Gasteiger partial charge in [0, 0.05) is 33.3 Å². The van der Waals surface area contributed by atoms with E-state index in [1.54, 1.807) is 12.4 Å². The number of amides is 2. The topological polar surface area (TPSA) is 88.6 Å². The van der Waals surface area contributed by atoms with Crippen LogP contribution in [0.2, 0.25) is 0 Å². The van der Waals surface area contributed by atoms with Crippen molar-refractivity contribution >= 4 is 52.1 Å². The number of hydrogen-bond donors (Lipinski definition) is 1. The molecule has 1 aromatic heterocycles. The average Bonchev–Trinajstić information content (AvgIpc) is 3.10. The molecule has 228 valence electrons. The molecule has 0 saturated carbocycles. The normalized spacial score (nSPS) is 17.4. The van der Waals surface area contributed by atoms with E-state index in [-0.39, 0.29) is 23.9 Å². The molecule has 0 unspecified atom stereocenters. The number of benzene rings is 4. The van der Waals surface area contributed by atoms with Gasteiger partial charge in [-0.2, -0.15) is 0 Å². The van der Waals surface area contributed by atoms with Crippen LogP contribution in [0.3, 0.4) is 0 Å². The Kier molecular flexibility index (Phi) is 8.59. The molecular weight excluding hydrogens is 615 g/mol. The van der Waals surface area contributed by atoms with Crippen molar-refractivity contribution < 1.29 is 19.1 Å². The maximum Gasteiger partial charge on any atom is 0.356 e. The number of rotatable bonds is 9. The molecule has 1 fully saturated rings. The molecule has 5 aromatic rings. The monoisotopic (exact) mass is 643 g/mol. The predicted octanol–water partition coefficient (Wildman–Crippen LogP) is 6.51. The highest BCUT2D eigenvalue weighted by molar-refractivity contribution is 8.06. The Hall–Kier alpha value is -4.86. The van der Waals surface area contributed by atoms with Crippen LogP contribution in [0.4, 0.5) is 0 Å². The molecule has 0 aliphatic carbocycles. The fourth-order valence-corrected chi connectivity index (χ4v) is 8.35. The number of nitrogens with zero attached hydrogens (tertiary/aromatic N) is 2. The SMILES string of the molecule is O=C(Cc1ccccc1)N[C@@H]1C(=O)N2C(C(=O)OC(c3ccccc3)c3ccccc3)=C(Sc3cccc4cnccc34)CS[C@H]12. The zero-order valence-corrected chi connectivity index (χ0v) is 26.2. The summed E-state index contributed by atoms with van der Waals surface area (Å²) < 4.78 is 6.30. The van der Waals surface area contributed by atoms with Crippen molar-refractivity contribution in [3.8, 4) is 0 Å². The van der Waals surface area contributed by atoms with Gasteiger partial charge in [-0.3, -0.25) is 19.5 Å². The Bertz CT molecular complexity index is 1890. The zero-order chi connectivity index (χ0) is 31.5. The molecule has 9 heteroatoms. The molecular formula is C37H29N3O4S2. The van der Waals surface area contributed by atoms with E-state index in [1.165, 1.54) is 28.4 Å². The van der Waals surface area contributed by atoms with Gasteiger partial charge in [-0.1, -0.05) is 115 Å². The molecule has 0 spiro atoms. The predicted molar refractivity (Wildman–Crippen MR) is 181 cm³/mol. The molecule has 2 atom stereocenters. The molecule has 2 aliphatic rings. The number of esters is 1. The summed E-state index contributed by atoms with van der Waals surface area (Å²) in [6, 6.07) is 35.7. The lowest BCUT2D eigenvalue weighted by Crippen LogP contribution is -2.70. The lowest BCUT2D eigenvalue weighted by atomic mass is 10.0. The molecule has 2 aliphatic heterocycles. The van der Waals surface area contributed by atoms with Crippen molar-refractivity contribution in [3.63, 3.8) is 0 Å². The van der Waals surface area contributed by atoms with Crippen molar-refractivity contribution in [2.75, 3.05) is 5.75 Å². The van der Waals surface area contributed by atoms with Gasteiger partial charge in [0.25, 0.3) is 5.91 Å². The summed E-state index contributed by atoms with van der Waals surface area (Å²) >= 11 is 2.99. The Balaban J connectivity index is 1.22. The number of fused-ring (bicyclic) bond motifs is 2. The van der Waals surface area contributed by atoms with Gasteiger partial charge in [0.05, 0.1) is 6.42 Å². The summed E-state index contributed by atoms with van der Waals surface area (Å²) in [6.07, 6.45) is 3.04. The summed E-state index contributed by atoms with van der Waals surface area (Å²) in [4.78, 5) is 48.5. The summed E-state index contributed by atoms with van der Waals surface area (Å²) in [5.74, 6) is -0.690. The molecule has 2 amide bonds. The molecule has 1 N–H and O–H groups in total. The molecule has 7 rings (SSSR count). The van der Waals surface area contributed by atoms with E-state index < -0.39 is 23.5 Å². The first kappa shape index (κ1) is 29.8. The second-order valence-corrected chi connectivity index (χ2v) is 13.2. The molecule has 3 heterocycles. The highest BCUT2D eigenvalue weighted by atomic mass is 32.2. The molecule has 1 saturated heterocycles. The number of carbonyl (C=O) groups excluding carboxylic acids is 3. The van der Waals surface area contributed by atoms with Crippen LogP contribution in [-0.2, 0) is 25.5 Å². The van der Waals surface area contributed by atoms with Crippen molar-refractivity contribution in [2.24, 2.45) is 0 Å². The number of ether oxygens (including phenoxy) is 1. The lowest BCUT2D eigenvalue weighted by molar-refractivity contribution is -0.154. The number of β-lactam (4-membered cyclic amide) rings is 1. The van der Waals surface area contributed by atoms with Crippen LogP contribution in [0, 0.1) is 0 Å². The first-order chi connectivity index (χ1) is 22.6. The molecule has 7 nitrogen and oxygen atoms in total. The van der Waals surface area contributed by atoms with E-state index in [0.717, 1.165) is 37.3 Å². The van der Waals surface area contributed by atoms with E-state index in [2.05, 4.69) is 10.3 Å². The van der Waals surface area contributed by atoms with Crippen LogP contribution in [0.1, 0.15) is 22.8 Å². The number of thioether (sulfide) groups is 2. The number of aromatic nitrogens is 1. The summed E-state index contributed by atoms with van der Waals surface area (Å²) in [5.41, 5.74) is 2.72. The van der Waals surface area contributed by atoms with Gasteiger partial charge in [0.2, 0.25) is 5.91 Å². The quantitative estimate of drug-likeness (QED) is 0.145. The summed E-state index contributed by atoms with van der Waals surface area (Å²) in [6.45, 7) is 0. The third-order valence-electron chi connectivity index (χ3n) is 7.95. The largest absolute Gasteiger partial charge is 0.448 e. The van der Waals surface area contributed by atoms with Crippen LogP contribution >= 0.6 is 23.5 Å². The maximum absolute atomic E-state index is 14.3. The highest BCUT2D eigenvalue weighted by Gasteiger charge is 2.54. The number of nitrogens with one attached hydrogen (secondary N) is 1. The highest BCUT2D eigenvalue weighted by Crippen LogP contribution is 2.47. The van der Waals surface area contributed by atoms with Gasteiger partial charge in [0.15, 0.2) is 6.10 Å². The first-order valence-corrected chi connectivity index (χ1v) is 16.8. The van der Waals surface area contributed by atoms with Crippen LogP contribution in [-0.4, -0.2) is 44.8 Å². The minimum absolute atomic E-state index is 0.166. The molecule has 0 bridgehead atoms. The van der Waals surface area contributed by atoms with E-state index in [4.69, 9.17) is 4.74 Å². The third-order valence-corrected chi connectivity index (χ3v) is 10.6. The minimum atomic E-state index is -0.738. The first-order valence-electron chi connectivity index (χ1n) is 14.9. The van der Waals surface area contributed by atoms with E-state index in [1.807, 2.05) is 115 Å². The number of carbonyl (C=O) groups is 3. The minimum Gasteiger partial charge on any atom is -0.448 e. The lowest BCUT2D eigenvalue weighted by Gasteiger charge is -2.49. The van der Waals surface area contributed by atoms with E-state index in [9.17, 15) is 14.4 Å². The summed E-state index contributed by atoms with van der Waals surface area (Å²) in [7, 11) is 0. The Labute approximate surface area is 275 Å². The fraction of sp³-hybridized carbons (Fsp3) is 0.135. The van der Waals surface area contributed by atoms with Gasteiger partial charge in [-0.05, 0) is 34.2 Å². The smallest absolute Gasteiger partial charge is 0.356 e. The Morgan fingerprint density at radius 2 is 1.57 bits per heavy atom. The molecule has 4 aromatic carbocycles. The van der Waals surface area contributed by atoms with Gasteiger partial charge in [-0.25, -0.2) is 4.79 Å². The van der Waals surface area contributed by atoms with Gasteiger partial charge >= 0.3 is 5.97 Å². The van der Waals surface area contributed by atoms with E-state index in [0.29, 0.717) is 5.75 Å². The third kappa shape index (κ3) is 6.03. The Morgan fingerprint density at radius 1 is 0.891 bits per heavy atom. The van der Waals surface area contributed by atoms with Gasteiger partial charge in [-0.15, -0.1) is 11.8 Å². The average molecular weight is 644 g/mol. The van der Waals surface area contributed by atoms with Crippen molar-refractivity contribution in [1.82, 2.24) is 15.2 Å². The van der Waals surface area contributed by atoms with E-state index >= 15 is 0 Å². The van der Waals surface area contributed by atoms with Gasteiger partial charge < -0.3 is 10.1 Å². The van der Waals surface area contributed by atoms with Crippen LogP contribution < -0.4 is 5.32 Å². The number of hydrogen-bond acceptors (Lipinski definition) is 7. The second-order valence-electron chi connectivity index (χ2n) is 11.0. The molecule has 0 radical (unpaired) electrons. The summed E-state index contributed by atoms with van der Waals surface area (Å²) in [5, 5.41) is 4.47. The Morgan fingerprint density at radius 3 is 2.26 bits per heavy atom. The van der Waals surface area contributed by atoms with Crippen LogP contribution in [0.15, 0.2) is 143 Å². The molecule has 46 heavy (non-hydrogen) atoms. The van der Waals surface area contributed by atoms with Crippen molar-refractivity contribution in [2.45, 2.75) is 28.8 Å². The fourth-order valence-electron chi connectivity index (χ4n) is 5.73. The van der Waals surface area contributed by atoms with Crippen molar-refractivity contribution in [1.29, 1.82) is 0 Å². The zero-order valence-electron chi connectivity index (χ0n) is 24.6. The standard InChI is InChI=1S/C37H29N3O4S2/c41-31(21-24-11-4-1-5-12-24)39-32-35(42)40-33(37(43)44-34(25-13-6-2-7-14-25)26-15-8-3-9-16-26)30(23-45-36(32)40)46-29-18-10-17-27-22-38-20-19-28(27)29/h1-20,22,32,34,36H,21,23H2,(H,39,41)/t32-,36-/m1/s1.